The Balaban J connectivity index is 0.00000100. The van der Waals surface area contributed by atoms with Gasteiger partial charge in [0.15, 0.2) is 5.52 Å². The molecule has 1 N–H and O–H groups in total. The van der Waals surface area contributed by atoms with Gasteiger partial charge >= 0.3 is 6.36 Å². The molecule has 3 rings (SSSR count). The summed E-state index contributed by atoms with van der Waals surface area (Å²) in [4.78, 5) is 22.2. The van der Waals surface area contributed by atoms with Gasteiger partial charge in [-0.05, 0) is 24.3 Å². The predicted octanol–water partition coefficient (Wildman–Crippen LogP) is 3.91. The van der Waals surface area contributed by atoms with Crippen LogP contribution in [0.1, 0.15) is 13.8 Å². The van der Waals surface area contributed by atoms with Crippen molar-refractivity contribution in [2.24, 2.45) is 0 Å². The van der Waals surface area contributed by atoms with Gasteiger partial charge in [0.1, 0.15) is 5.75 Å². The minimum absolute atomic E-state index is 0.113. The van der Waals surface area contributed by atoms with Crippen LogP contribution in [-0.2, 0) is 0 Å². The lowest BCUT2D eigenvalue weighted by molar-refractivity contribution is -0.274. The van der Waals surface area contributed by atoms with Crippen LogP contribution < -0.4 is 10.3 Å². The normalized spacial score (nSPS) is 10.9. The molecule has 2 aromatic heterocycles. The summed E-state index contributed by atoms with van der Waals surface area (Å²) >= 11 is 0. The number of rotatable bonds is 2. The van der Waals surface area contributed by atoms with Crippen LogP contribution >= 0.6 is 0 Å². The molecule has 2 heterocycles. The number of aromatic nitrogens is 3. The Morgan fingerprint density at radius 1 is 1.12 bits per heavy atom. The molecule has 0 aliphatic carbocycles. The summed E-state index contributed by atoms with van der Waals surface area (Å²) in [7, 11) is 0. The van der Waals surface area contributed by atoms with Gasteiger partial charge in [-0.2, -0.15) is 0 Å². The third-order valence-electron chi connectivity index (χ3n) is 2.85. The Kier molecular flexibility index (Phi) is 5.18. The van der Waals surface area contributed by atoms with Gasteiger partial charge in [-0.1, -0.05) is 26.0 Å². The van der Waals surface area contributed by atoms with Crippen LogP contribution in [0.15, 0.2) is 47.5 Å². The molecule has 0 fully saturated rings. The number of H-pyrrole nitrogens is 1. The topological polar surface area (TPSA) is 67.9 Å². The number of nitrogens with zero attached hydrogens (tertiary/aromatic N) is 2. The summed E-state index contributed by atoms with van der Waals surface area (Å²) in [5.41, 5.74) is 0.831. The first-order chi connectivity index (χ1) is 11.4. The molecule has 5 nitrogen and oxygen atoms in total. The molecule has 0 aliphatic rings. The van der Waals surface area contributed by atoms with Crippen LogP contribution in [0, 0.1) is 0 Å². The van der Waals surface area contributed by atoms with Crippen molar-refractivity contribution in [1.29, 1.82) is 0 Å². The lowest BCUT2D eigenvalue weighted by Crippen LogP contribution is -2.17. The van der Waals surface area contributed by atoms with Crippen molar-refractivity contribution in [3.63, 3.8) is 0 Å². The van der Waals surface area contributed by atoms with Crippen molar-refractivity contribution in [3.8, 4) is 17.0 Å². The number of pyridine rings is 1. The molecule has 0 radical (unpaired) electrons. The third-order valence-corrected chi connectivity index (χ3v) is 2.85. The highest BCUT2D eigenvalue weighted by Crippen LogP contribution is 2.27. The summed E-state index contributed by atoms with van der Waals surface area (Å²) in [6, 6.07) is 8.52. The summed E-state index contributed by atoms with van der Waals surface area (Å²) in [6.07, 6.45) is -3.51. The molecule has 24 heavy (non-hydrogen) atoms. The average molecular weight is 337 g/mol. The maximum atomic E-state index is 12.2. The molecule has 0 saturated carbocycles. The zero-order chi connectivity index (χ0) is 17.7. The van der Waals surface area contributed by atoms with Crippen molar-refractivity contribution in [1.82, 2.24) is 15.0 Å². The van der Waals surface area contributed by atoms with Crippen molar-refractivity contribution in [2.45, 2.75) is 20.2 Å². The van der Waals surface area contributed by atoms with Crippen molar-refractivity contribution < 1.29 is 17.9 Å². The summed E-state index contributed by atoms with van der Waals surface area (Å²) < 4.78 is 40.6. The number of aromatic amines is 1. The smallest absolute Gasteiger partial charge is 0.406 e. The van der Waals surface area contributed by atoms with Gasteiger partial charge < -0.3 is 9.72 Å². The average Bonchev–Trinajstić information content (AvgIpc) is 2.55. The Morgan fingerprint density at radius 3 is 2.58 bits per heavy atom. The number of halogens is 3. The van der Waals surface area contributed by atoms with Gasteiger partial charge in [0.25, 0.3) is 5.56 Å². The van der Waals surface area contributed by atoms with E-state index in [9.17, 15) is 18.0 Å². The maximum Gasteiger partial charge on any atom is 0.573 e. The molecular formula is C16H14F3N3O2. The first-order valence-corrected chi connectivity index (χ1v) is 7.13. The van der Waals surface area contributed by atoms with Crippen LogP contribution in [0.2, 0.25) is 0 Å². The van der Waals surface area contributed by atoms with E-state index in [2.05, 4.69) is 19.7 Å². The fourth-order valence-corrected chi connectivity index (χ4v) is 1.97. The lowest BCUT2D eigenvalue weighted by Gasteiger charge is -2.10. The minimum Gasteiger partial charge on any atom is -0.406 e. The fraction of sp³-hybridized carbons (Fsp3) is 0.188. The first kappa shape index (κ1) is 17.5. The molecule has 0 saturated heterocycles. The van der Waals surface area contributed by atoms with E-state index >= 15 is 0 Å². The summed E-state index contributed by atoms with van der Waals surface area (Å²) in [5, 5.41) is 0. The largest absolute Gasteiger partial charge is 0.573 e. The molecule has 3 aromatic rings. The second-order valence-electron chi connectivity index (χ2n) is 4.37. The minimum atomic E-state index is -4.77. The first-order valence-electron chi connectivity index (χ1n) is 7.13. The van der Waals surface area contributed by atoms with E-state index in [4.69, 9.17) is 0 Å². The van der Waals surface area contributed by atoms with Gasteiger partial charge in [-0.25, -0.2) is 9.97 Å². The molecule has 8 heteroatoms. The number of alkyl halides is 3. The van der Waals surface area contributed by atoms with Crippen molar-refractivity contribution in [3.05, 3.63) is 53.1 Å². The summed E-state index contributed by atoms with van der Waals surface area (Å²) in [6.45, 7) is 4.00. The van der Waals surface area contributed by atoms with Gasteiger partial charge in [-0.15, -0.1) is 13.2 Å². The van der Waals surface area contributed by atoms with Gasteiger partial charge in [0, 0.05) is 5.56 Å². The van der Waals surface area contributed by atoms with Crippen molar-refractivity contribution in [2.75, 3.05) is 0 Å². The Labute approximate surface area is 135 Å². The second-order valence-corrected chi connectivity index (χ2v) is 4.37. The Hall–Kier alpha value is -2.90. The molecule has 0 aliphatic heterocycles. The van der Waals surface area contributed by atoms with Gasteiger partial charge in [0.2, 0.25) is 0 Å². The standard InChI is InChI=1S/C14H8F3N3O2.C2H6/c15-14(16,17)22-9-3-1-2-8(6-9)10-4-5-11-12(20-10)13(21)19-7-18-11;1-2/h1-7H,(H,18,19,21);1-2H3. The van der Waals surface area contributed by atoms with Crippen LogP contribution in [0.5, 0.6) is 5.75 Å². The van der Waals surface area contributed by atoms with E-state index in [-0.39, 0.29) is 11.3 Å². The lowest BCUT2D eigenvalue weighted by atomic mass is 10.1. The maximum absolute atomic E-state index is 12.2. The Bertz CT molecular complexity index is 891. The molecule has 0 spiro atoms. The number of benzene rings is 1. The molecule has 1 aromatic carbocycles. The van der Waals surface area contributed by atoms with E-state index in [0.29, 0.717) is 16.8 Å². The number of ether oxygens (including phenoxy) is 1. The highest BCUT2D eigenvalue weighted by molar-refractivity contribution is 5.77. The van der Waals surface area contributed by atoms with E-state index < -0.39 is 11.9 Å². The van der Waals surface area contributed by atoms with E-state index in [1.807, 2.05) is 13.8 Å². The zero-order valence-electron chi connectivity index (χ0n) is 12.9. The SMILES string of the molecule is CC.O=c1[nH]cnc2ccc(-c3cccc(OC(F)(F)F)c3)nc12. The summed E-state index contributed by atoms with van der Waals surface area (Å²) in [5.74, 6) is -0.355. The van der Waals surface area contributed by atoms with Crippen LogP contribution in [-0.4, -0.2) is 21.3 Å². The molecule has 0 atom stereocenters. The highest BCUT2D eigenvalue weighted by atomic mass is 19.4. The van der Waals surface area contributed by atoms with Crippen LogP contribution in [0.4, 0.5) is 13.2 Å². The van der Waals surface area contributed by atoms with Crippen molar-refractivity contribution >= 4 is 11.0 Å². The van der Waals surface area contributed by atoms with E-state index in [0.717, 1.165) is 0 Å². The highest BCUT2D eigenvalue weighted by Gasteiger charge is 2.31. The number of hydrogen-bond donors (Lipinski definition) is 1. The number of fused-ring (bicyclic) bond motifs is 1. The van der Waals surface area contributed by atoms with Gasteiger partial charge in [0.05, 0.1) is 17.5 Å². The van der Waals surface area contributed by atoms with Crippen LogP contribution in [0.25, 0.3) is 22.3 Å². The predicted molar refractivity (Wildman–Crippen MR) is 83.6 cm³/mol. The fourth-order valence-electron chi connectivity index (χ4n) is 1.97. The number of nitrogens with one attached hydrogen (secondary N) is 1. The molecule has 0 unspecified atom stereocenters. The quantitative estimate of drug-likeness (QED) is 0.770. The van der Waals surface area contributed by atoms with E-state index in [1.165, 1.54) is 24.5 Å². The number of hydrogen-bond acceptors (Lipinski definition) is 4. The second kappa shape index (κ2) is 7.12. The van der Waals surface area contributed by atoms with Crippen LogP contribution in [0.3, 0.4) is 0 Å². The molecule has 0 amide bonds. The van der Waals surface area contributed by atoms with E-state index in [1.54, 1.807) is 18.2 Å². The Morgan fingerprint density at radius 2 is 1.88 bits per heavy atom. The molecule has 0 bridgehead atoms. The molecular weight excluding hydrogens is 323 g/mol. The zero-order valence-corrected chi connectivity index (χ0v) is 12.9. The third kappa shape index (κ3) is 4.09. The molecule has 126 valence electrons. The monoisotopic (exact) mass is 337 g/mol. The van der Waals surface area contributed by atoms with Gasteiger partial charge in [-0.3, -0.25) is 4.79 Å².